The summed E-state index contributed by atoms with van der Waals surface area (Å²) in [6.45, 7) is 5.32. The van der Waals surface area contributed by atoms with Crippen LogP contribution >= 0.6 is 0 Å². The highest BCUT2D eigenvalue weighted by molar-refractivity contribution is 4.65. The van der Waals surface area contributed by atoms with E-state index >= 15 is 0 Å². The normalized spacial score (nSPS) is 13.3. The van der Waals surface area contributed by atoms with Crippen molar-refractivity contribution in [1.29, 1.82) is 0 Å². The molecular formula is C9H19NO2. The molecule has 1 unspecified atom stereocenters. The Hall–Kier alpha value is -0.380. The molecule has 0 rings (SSSR count). The molecule has 0 fully saturated rings. The Balaban J connectivity index is 3.21. The fraction of sp³-hybridized carbons (Fsp3) is 0.778. The van der Waals surface area contributed by atoms with Gasteiger partial charge in [-0.2, -0.15) is 0 Å². The quantitative estimate of drug-likeness (QED) is 0.449. The Morgan fingerprint density at radius 1 is 1.58 bits per heavy atom. The fourth-order valence-electron chi connectivity index (χ4n) is 0.778. The van der Waals surface area contributed by atoms with Gasteiger partial charge in [0.25, 0.3) is 0 Å². The highest BCUT2D eigenvalue weighted by atomic mass is 16.5. The maximum absolute atomic E-state index is 9.34. The highest BCUT2D eigenvalue weighted by Gasteiger charge is 2.03. The van der Waals surface area contributed by atoms with Crippen molar-refractivity contribution in [2.24, 2.45) is 0 Å². The van der Waals surface area contributed by atoms with Crippen LogP contribution < -0.4 is 0 Å². The van der Waals surface area contributed by atoms with E-state index in [4.69, 9.17) is 4.74 Å². The van der Waals surface area contributed by atoms with Crippen molar-refractivity contribution in [3.8, 4) is 0 Å². The van der Waals surface area contributed by atoms with Gasteiger partial charge in [0.15, 0.2) is 0 Å². The number of ether oxygens (including phenoxy) is 1. The zero-order valence-electron chi connectivity index (χ0n) is 7.99. The Morgan fingerprint density at radius 2 is 2.25 bits per heavy atom. The largest absolute Gasteiger partial charge is 0.391 e. The minimum atomic E-state index is -0.354. The van der Waals surface area contributed by atoms with E-state index in [2.05, 4.69) is 6.58 Å². The first-order valence-electron chi connectivity index (χ1n) is 4.18. The summed E-state index contributed by atoms with van der Waals surface area (Å²) in [7, 11) is 3.97. The number of aliphatic hydroxyl groups excluding tert-OH is 1. The number of hydrogen-bond donors (Lipinski definition) is 1. The number of aliphatic hydroxyl groups is 1. The zero-order valence-corrected chi connectivity index (χ0v) is 7.99. The Kier molecular flexibility index (Phi) is 7.05. The van der Waals surface area contributed by atoms with Crippen molar-refractivity contribution in [3.63, 3.8) is 0 Å². The highest BCUT2D eigenvalue weighted by Crippen LogP contribution is 1.93. The van der Waals surface area contributed by atoms with Gasteiger partial charge in [-0.15, -0.1) is 6.58 Å². The van der Waals surface area contributed by atoms with Crippen LogP contribution in [0, 0.1) is 0 Å². The summed E-state index contributed by atoms with van der Waals surface area (Å²) in [6.07, 6.45) is 2.08. The van der Waals surface area contributed by atoms with Crippen LogP contribution in [0.15, 0.2) is 12.7 Å². The molecule has 1 N–H and O–H groups in total. The van der Waals surface area contributed by atoms with Gasteiger partial charge in [0, 0.05) is 6.54 Å². The van der Waals surface area contributed by atoms with Crippen molar-refractivity contribution in [2.75, 3.05) is 33.9 Å². The third-order valence-electron chi connectivity index (χ3n) is 1.46. The molecular weight excluding hydrogens is 154 g/mol. The lowest BCUT2D eigenvalue weighted by Crippen LogP contribution is -2.22. The molecule has 0 radical (unpaired) electrons. The van der Waals surface area contributed by atoms with Crippen LogP contribution in [0.3, 0.4) is 0 Å². The van der Waals surface area contributed by atoms with Gasteiger partial charge < -0.3 is 14.7 Å². The summed E-state index contributed by atoms with van der Waals surface area (Å²) < 4.78 is 5.09. The van der Waals surface area contributed by atoms with Crippen LogP contribution in [-0.2, 0) is 4.74 Å². The van der Waals surface area contributed by atoms with Crippen LogP contribution in [0.5, 0.6) is 0 Å². The van der Waals surface area contributed by atoms with E-state index in [1.165, 1.54) is 0 Å². The molecule has 0 amide bonds. The molecule has 0 spiro atoms. The Bertz CT molecular complexity index is 115. The van der Waals surface area contributed by atoms with E-state index in [1.807, 2.05) is 19.0 Å². The molecule has 0 aromatic carbocycles. The van der Waals surface area contributed by atoms with Crippen molar-refractivity contribution in [2.45, 2.75) is 12.5 Å². The zero-order chi connectivity index (χ0) is 9.40. The van der Waals surface area contributed by atoms with Gasteiger partial charge >= 0.3 is 0 Å². The molecule has 0 aromatic heterocycles. The van der Waals surface area contributed by atoms with Gasteiger partial charge in [-0.3, -0.25) is 0 Å². The molecule has 0 saturated carbocycles. The number of hydrogen-bond acceptors (Lipinski definition) is 3. The average Bonchev–Trinajstić information content (AvgIpc) is 2.01. The molecule has 0 aromatic rings. The summed E-state index contributed by atoms with van der Waals surface area (Å²) in [5, 5.41) is 9.34. The maximum atomic E-state index is 9.34. The van der Waals surface area contributed by atoms with Crippen LogP contribution in [-0.4, -0.2) is 50.0 Å². The molecule has 0 aliphatic rings. The summed E-state index contributed by atoms with van der Waals surface area (Å²) in [6, 6.07) is 0. The molecule has 0 saturated heterocycles. The molecule has 12 heavy (non-hydrogen) atoms. The lowest BCUT2D eigenvalue weighted by Gasteiger charge is -2.13. The van der Waals surface area contributed by atoms with E-state index in [1.54, 1.807) is 6.08 Å². The maximum Gasteiger partial charge on any atom is 0.0786 e. The second-order valence-corrected chi connectivity index (χ2v) is 3.07. The lowest BCUT2D eigenvalue weighted by molar-refractivity contribution is 0.0409. The van der Waals surface area contributed by atoms with Crippen molar-refractivity contribution in [3.05, 3.63) is 12.7 Å². The van der Waals surface area contributed by atoms with Crippen molar-refractivity contribution < 1.29 is 9.84 Å². The number of rotatable bonds is 7. The van der Waals surface area contributed by atoms with E-state index in [9.17, 15) is 5.11 Å². The second-order valence-electron chi connectivity index (χ2n) is 3.07. The van der Waals surface area contributed by atoms with Gasteiger partial charge in [-0.25, -0.2) is 0 Å². The second kappa shape index (κ2) is 7.28. The topological polar surface area (TPSA) is 32.7 Å². The standard InChI is InChI=1S/C9H19NO2/c1-4-7-12-8-9(11)5-6-10(2)3/h4,9,11H,1,5-8H2,2-3H3. The van der Waals surface area contributed by atoms with Gasteiger partial charge in [-0.05, 0) is 20.5 Å². The Labute approximate surface area is 74.6 Å². The molecule has 0 heterocycles. The van der Waals surface area contributed by atoms with Crippen LogP contribution in [0.4, 0.5) is 0 Å². The predicted molar refractivity (Wildman–Crippen MR) is 50.2 cm³/mol. The molecule has 1 atom stereocenters. The van der Waals surface area contributed by atoms with Crippen molar-refractivity contribution >= 4 is 0 Å². The fourth-order valence-corrected chi connectivity index (χ4v) is 0.778. The monoisotopic (exact) mass is 173 g/mol. The van der Waals surface area contributed by atoms with Gasteiger partial charge in [-0.1, -0.05) is 6.08 Å². The van der Waals surface area contributed by atoms with E-state index in [0.717, 1.165) is 13.0 Å². The van der Waals surface area contributed by atoms with Gasteiger partial charge in [0.1, 0.15) is 0 Å². The molecule has 0 bridgehead atoms. The number of nitrogens with zero attached hydrogens (tertiary/aromatic N) is 1. The molecule has 0 aliphatic carbocycles. The molecule has 0 aliphatic heterocycles. The summed E-state index contributed by atoms with van der Waals surface area (Å²) in [5.41, 5.74) is 0. The van der Waals surface area contributed by atoms with Gasteiger partial charge in [0.2, 0.25) is 0 Å². The SMILES string of the molecule is C=CCOCC(O)CCN(C)C. The summed E-state index contributed by atoms with van der Waals surface area (Å²) in [5.74, 6) is 0. The van der Waals surface area contributed by atoms with Crippen molar-refractivity contribution in [1.82, 2.24) is 4.90 Å². The van der Waals surface area contributed by atoms with Gasteiger partial charge in [0.05, 0.1) is 19.3 Å². The molecule has 72 valence electrons. The smallest absolute Gasteiger partial charge is 0.0786 e. The van der Waals surface area contributed by atoms with Crippen LogP contribution in [0.2, 0.25) is 0 Å². The third kappa shape index (κ3) is 7.72. The summed E-state index contributed by atoms with van der Waals surface area (Å²) >= 11 is 0. The lowest BCUT2D eigenvalue weighted by atomic mass is 10.2. The first-order chi connectivity index (χ1) is 5.66. The first-order valence-corrected chi connectivity index (χ1v) is 4.18. The predicted octanol–water partition coefficient (Wildman–Crippen LogP) is 0.502. The van der Waals surface area contributed by atoms with E-state index < -0.39 is 0 Å². The first kappa shape index (κ1) is 11.6. The van der Waals surface area contributed by atoms with Crippen LogP contribution in [0.1, 0.15) is 6.42 Å². The molecule has 3 heteroatoms. The van der Waals surface area contributed by atoms with Crippen LogP contribution in [0.25, 0.3) is 0 Å². The summed E-state index contributed by atoms with van der Waals surface area (Å²) in [4.78, 5) is 2.04. The molecule has 3 nitrogen and oxygen atoms in total. The minimum absolute atomic E-state index is 0.354. The van der Waals surface area contributed by atoms with E-state index in [-0.39, 0.29) is 6.10 Å². The third-order valence-corrected chi connectivity index (χ3v) is 1.46. The Morgan fingerprint density at radius 3 is 2.75 bits per heavy atom. The minimum Gasteiger partial charge on any atom is -0.391 e. The van der Waals surface area contributed by atoms with E-state index in [0.29, 0.717) is 13.2 Å². The average molecular weight is 173 g/mol.